The van der Waals surface area contributed by atoms with Gasteiger partial charge in [0.25, 0.3) is 0 Å². The van der Waals surface area contributed by atoms with E-state index in [1.165, 1.54) is 19.2 Å². The number of methoxy groups -OCH3 is 1. The maximum absolute atomic E-state index is 13.7. The van der Waals surface area contributed by atoms with Crippen LogP contribution in [0.25, 0.3) is 0 Å². The molecule has 1 aromatic carbocycles. The fourth-order valence-electron chi connectivity index (χ4n) is 2.94. The monoisotopic (exact) mass is 363 g/mol. The summed E-state index contributed by atoms with van der Waals surface area (Å²) in [6.45, 7) is 3.39. The molecule has 0 radical (unpaired) electrons. The molecule has 7 nitrogen and oxygen atoms in total. The van der Waals surface area contributed by atoms with Gasteiger partial charge in [-0.25, -0.2) is 14.0 Å². The highest BCUT2D eigenvalue weighted by molar-refractivity contribution is 5.98. The van der Waals surface area contributed by atoms with E-state index in [1.54, 1.807) is 13.8 Å². The Hall–Kier alpha value is -2.87. The third kappa shape index (κ3) is 3.28. The molecule has 3 rings (SSSR count). The van der Waals surface area contributed by atoms with E-state index in [4.69, 9.17) is 18.9 Å². The maximum Gasteiger partial charge on any atom is 0.355 e. The second-order valence-corrected chi connectivity index (χ2v) is 5.86. The molecule has 0 atom stereocenters. The van der Waals surface area contributed by atoms with Crippen LogP contribution in [0, 0.1) is 19.7 Å². The van der Waals surface area contributed by atoms with Crippen molar-refractivity contribution in [3.05, 3.63) is 51.6 Å². The van der Waals surface area contributed by atoms with Gasteiger partial charge in [0.1, 0.15) is 23.9 Å². The van der Waals surface area contributed by atoms with E-state index < -0.39 is 17.8 Å². The van der Waals surface area contributed by atoms with Crippen LogP contribution in [0.15, 0.2) is 12.1 Å². The molecule has 2 aromatic rings. The lowest BCUT2D eigenvalue weighted by Gasteiger charge is -2.20. The van der Waals surface area contributed by atoms with Gasteiger partial charge in [0, 0.05) is 16.8 Å². The molecule has 1 aliphatic rings. The van der Waals surface area contributed by atoms with Crippen molar-refractivity contribution in [3.8, 4) is 5.75 Å². The summed E-state index contributed by atoms with van der Waals surface area (Å²) >= 11 is 0. The van der Waals surface area contributed by atoms with E-state index in [-0.39, 0.29) is 25.7 Å². The van der Waals surface area contributed by atoms with Gasteiger partial charge in [0.15, 0.2) is 6.79 Å². The van der Waals surface area contributed by atoms with Crippen molar-refractivity contribution in [1.29, 1.82) is 0 Å². The number of H-pyrrole nitrogens is 1. The Labute approximate surface area is 149 Å². The number of hydrogen-bond donors (Lipinski definition) is 1. The average molecular weight is 363 g/mol. The molecule has 8 heteroatoms. The molecule has 0 saturated heterocycles. The van der Waals surface area contributed by atoms with Gasteiger partial charge in [-0.3, -0.25) is 0 Å². The van der Waals surface area contributed by atoms with E-state index in [9.17, 15) is 14.0 Å². The number of hydrogen-bond acceptors (Lipinski definition) is 6. The predicted octanol–water partition coefficient (Wildman–Crippen LogP) is 2.78. The van der Waals surface area contributed by atoms with Gasteiger partial charge in [-0.15, -0.1) is 0 Å². The van der Waals surface area contributed by atoms with Crippen molar-refractivity contribution in [3.63, 3.8) is 0 Å². The SMILES string of the molecule is COC(=O)c1c(C)[nH]c(C(=O)OCc2cc(F)cc3c2OCOC3)c1C. The highest BCUT2D eigenvalue weighted by Crippen LogP contribution is 2.30. The van der Waals surface area contributed by atoms with E-state index in [0.717, 1.165) is 0 Å². The van der Waals surface area contributed by atoms with E-state index in [0.29, 0.717) is 33.7 Å². The minimum Gasteiger partial charge on any atom is -0.467 e. The van der Waals surface area contributed by atoms with Crippen molar-refractivity contribution >= 4 is 11.9 Å². The van der Waals surface area contributed by atoms with Crippen molar-refractivity contribution in [2.75, 3.05) is 13.9 Å². The molecular formula is C18H18FNO6. The molecular weight excluding hydrogens is 345 g/mol. The summed E-state index contributed by atoms with van der Waals surface area (Å²) in [5.74, 6) is -1.21. The molecule has 138 valence electrons. The van der Waals surface area contributed by atoms with Crippen LogP contribution in [0.2, 0.25) is 0 Å². The standard InChI is InChI=1S/C18H18FNO6/c1-9-14(17(21)23-3)10(2)20-15(9)18(22)25-7-12-5-13(19)4-11-6-24-8-26-16(11)12/h4-5,20H,6-8H2,1-3H3. The Bertz CT molecular complexity index is 873. The van der Waals surface area contributed by atoms with Crippen molar-refractivity contribution in [1.82, 2.24) is 4.98 Å². The maximum atomic E-state index is 13.7. The van der Waals surface area contributed by atoms with Crippen LogP contribution in [0.1, 0.15) is 43.2 Å². The molecule has 0 bridgehead atoms. The Morgan fingerprint density at radius 3 is 2.77 bits per heavy atom. The number of rotatable bonds is 4. The zero-order chi connectivity index (χ0) is 18.8. The number of carbonyl (C=O) groups is 2. The normalized spacial score (nSPS) is 12.9. The van der Waals surface area contributed by atoms with Crippen LogP contribution in [0.5, 0.6) is 5.75 Å². The first-order chi connectivity index (χ1) is 12.4. The molecule has 0 aliphatic carbocycles. The van der Waals surface area contributed by atoms with Gasteiger partial charge in [0.2, 0.25) is 0 Å². The number of aryl methyl sites for hydroxylation is 1. The number of esters is 2. The van der Waals surface area contributed by atoms with Crippen LogP contribution in [0.4, 0.5) is 4.39 Å². The molecule has 0 unspecified atom stereocenters. The van der Waals surface area contributed by atoms with Crippen molar-refractivity contribution < 1.29 is 32.9 Å². The van der Waals surface area contributed by atoms with Crippen LogP contribution >= 0.6 is 0 Å². The zero-order valence-electron chi connectivity index (χ0n) is 14.6. The lowest BCUT2D eigenvalue weighted by atomic mass is 10.1. The second kappa shape index (κ2) is 7.17. The number of fused-ring (bicyclic) bond motifs is 1. The number of ether oxygens (including phenoxy) is 4. The Morgan fingerprint density at radius 1 is 1.27 bits per heavy atom. The minimum atomic E-state index is -0.661. The summed E-state index contributed by atoms with van der Waals surface area (Å²) in [4.78, 5) is 27.0. The summed E-state index contributed by atoms with van der Waals surface area (Å²) in [6, 6.07) is 2.57. The lowest BCUT2D eigenvalue weighted by molar-refractivity contribution is -0.0183. The van der Waals surface area contributed by atoms with Crippen LogP contribution in [-0.4, -0.2) is 30.8 Å². The molecule has 1 aromatic heterocycles. The third-order valence-electron chi connectivity index (χ3n) is 4.14. The van der Waals surface area contributed by atoms with E-state index in [1.807, 2.05) is 0 Å². The van der Waals surface area contributed by atoms with E-state index >= 15 is 0 Å². The van der Waals surface area contributed by atoms with Gasteiger partial charge >= 0.3 is 11.9 Å². The smallest absolute Gasteiger partial charge is 0.355 e. The fraction of sp³-hybridized carbons (Fsp3) is 0.333. The summed E-state index contributed by atoms with van der Waals surface area (Å²) in [7, 11) is 1.27. The average Bonchev–Trinajstić information content (AvgIpc) is 2.93. The first-order valence-electron chi connectivity index (χ1n) is 7.88. The number of aromatic amines is 1. The molecule has 26 heavy (non-hydrogen) atoms. The molecule has 1 aliphatic heterocycles. The van der Waals surface area contributed by atoms with Gasteiger partial charge < -0.3 is 23.9 Å². The first kappa shape index (κ1) is 17.9. The Kier molecular flexibility index (Phi) is 4.94. The van der Waals surface area contributed by atoms with Gasteiger partial charge in [-0.05, 0) is 31.5 Å². The van der Waals surface area contributed by atoms with Crippen LogP contribution < -0.4 is 4.74 Å². The Balaban J connectivity index is 1.80. The molecule has 2 heterocycles. The number of benzene rings is 1. The quantitative estimate of drug-likeness (QED) is 0.841. The molecule has 0 saturated carbocycles. The van der Waals surface area contributed by atoms with Gasteiger partial charge in [-0.1, -0.05) is 0 Å². The summed E-state index contributed by atoms with van der Waals surface area (Å²) in [5.41, 5.74) is 2.35. The van der Waals surface area contributed by atoms with Crippen molar-refractivity contribution in [2.45, 2.75) is 27.1 Å². The number of halogens is 1. The molecule has 0 fully saturated rings. The van der Waals surface area contributed by atoms with Crippen LogP contribution in [-0.2, 0) is 27.4 Å². The van der Waals surface area contributed by atoms with Gasteiger partial charge in [-0.2, -0.15) is 0 Å². The topological polar surface area (TPSA) is 86.9 Å². The van der Waals surface area contributed by atoms with E-state index in [2.05, 4.69) is 4.98 Å². The zero-order valence-corrected chi connectivity index (χ0v) is 14.6. The summed E-state index contributed by atoms with van der Waals surface area (Å²) < 4.78 is 34.3. The molecule has 1 N–H and O–H groups in total. The highest BCUT2D eigenvalue weighted by Gasteiger charge is 2.24. The van der Waals surface area contributed by atoms with Crippen LogP contribution in [0.3, 0.4) is 0 Å². The Morgan fingerprint density at radius 2 is 2.04 bits per heavy atom. The summed E-state index contributed by atoms with van der Waals surface area (Å²) in [5, 5.41) is 0. The highest BCUT2D eigenvalue weighted by atomic mass is 19.1. The number of aromatic nitrogens is 1. The second-order valence-electron chi connectivity index (χ2n) is 5.86. The molecule has 0 amide bonds. The number of carbonyl (C=O) groups excluding carboxylic acids is 2. The first-order valence-corrected chi connectivity index (χ1v) is 7.88. The fourth-order valence-corrected chi connectivity index (χ4v) is 2.94. The van der Waals surface area contributed by atoms with Gasteiger partial charge in [0.05, 0.1) is 19.3 Å². The lowest BCUT2D eigenvalue weighted by Crippen LogP contribution is -2.15. The number of nitrogens with one attached hydrogen (secondary N) is 1. The molecule has 0 spiro atoms. The third-order valence-corrected chi connectivity index (χ3v) is 4.14. The summed E-state index contributed by atoms with van der Waals surface area (Å²) in [6.07, 6.45) is 0. The largest absolute Gasteiger partial charge is 0.467 e. The minimum absolute atomic E-state index is 0.0526. The predicted molar refractivity (Wildman–Crippen MR) is 87.4 cm³/mol. The van der Waals surface area contributed by atoms with Crippen molar-refractivity contribution in [2.24, 2.45) is 0 Å².